The molecule has 1 heterocycles. The summed E-state index contributed by atoms with van der Waals surface area (Å²) in [6.45, 7) is 5.53. The summed E-state index contributed by atoms with van der Waals surface area (Å²) < 4.78 is 5.08. The number of nitrogens with one attached hydrogen (secondary N) is 1. The minimum Gasteiger partial charge on any atom is -0.459 e. The third kappa shape index (κ3) is 4.08. The number of hydrogen-bond donors (Lipinski definition) is 2. The molecule has 0 aliphatic rings. The molecule has 18 heavy (non-hydrogen) atoms. The zero-order valence-corrected chi connectivity index (χ0v) is 11.5. The fourth-order valence-electron chi connectivity index (χ4n) is 1.22. The van der Waals surface area contributed by atoms with Crippen molar-refractivity contribution in [2.75, 3.05) is 11.9 Å². The highest BCUT2D eigenvalue weighted by Gasteiger charge is 2.18. The van der Waals surface area contributed by atoms with Gasteiger partial charge in [0.2, 0.25) is 5.91 Å². The first kappa shape index (κ1) is 14.6. The number of aromatic nitrogens is 1. The fraction of sp³-hybridized carbons (Fsp3) is 0.545. The first-order chi connectivity index (χ1) is 8.43. The van der Waals surface area contributed by atoms with Crippen molar-refractivity contribution >= 4 is 28.3 Å². The first-order valence-corrected chi connectivity index (χ1v) is 6.44. The standard InChI is InChI=1S/C11H17N3O3S/c1-6(2)17-10(16)9-7(3)13-11(18-9)14-8(15)4-5-12/h6H,4-5,12H2,1-3H3,(H,13,14,15). The minimum absolute atomic E-state index is 0.186. The van der Waals surface area contributed by atoms with Gasteiger partial charge in [-0.2, -0.15) is 0 Å². The summed E-state index contributed by atoms with van der Waals surface area (Å²) in [6.07, 6.45) is 0.0407. The molecule has 100 valence electrons. The van der Waals surface area contributed by atoms with E-state index < -0.39 is 5.97 Å². The molecular formula is C11H17N3O3S. The van der Waals surface area contributed by atoms with E-state index in [-0.39, 0.29) is 25.0 Å². The molecule has 1 aromatic rings. The van der Waals surface area contributed by atoms with Crippen molar-refractivity contribution in [3.05, 3.63) is 10.6 Å². The molecule has 0 radical (unpaired) electrons. The maximum absolute atomic E-state index is 11.7. The van der Waals surface area contributed by atoms with Gasteiger partial charge in [0.05, 0.1) is 11.8 Å². The maximum atomic E-state index is 11.7. The second-order valence-electron chi connectivity index (χ2n) is 3.97. The summed E-state index contributed by atoms with van der Waals surface area (Å²) in [5.74, 6) is -0.630. The molecule has 0 aliphatic heterocycles. The molecule has 1 amide bonds. The molecule has 6 nitrogen and oxygen atoms in total. The zero-order valence-electron chi connectivity index (χ0n) is 10.6. The molecule has 0 spiro atoms. The Balaban J connectivity index is 2.75. The Morgan fingerprint density at radius 1 is 1.50 bits per heavy atom. The highest BCUT2D eigenvalue weighted by Crippen LogP contribution is 2.23. The molecule has 0 fully saturated rings. The van der Waals surface area contributed by atoms with Gasteiger partial charge in [0, 0.05) is 13.0 Å². The van der Waals surface area contributed by atoms with Crippen LogP contribution in [0.25, 0.3) is 0 Å². The number of nitrogens with two attached hydrogens (primary N) is 1. The molecule has 1 rings (SSSR count). The number of hydrogen-bond acceptors (Lipinski definition) is 6. The Morgan fingerprint density at radius 2 is 2.17 bits per heavy atom. The fourth-order valence-corrected chi connectivity index (χ4v) is 2.09. The quantitative estimate of drug-likeness (QED) is 0.787. The largest absolute Gasteiger partial charge is 0.459 e. The Morgan fingerprint density at radius 3 is 2.72 bits per heavy atom. The molecule has 1 aromatic heterocycles. The van der Waals surface area contributed by atoms with Crippen LogP contribution in [0.1, 0.15) is 35.6 Å². The maximum Gasteiger partial charge on any atom is 0.350 e. The van der Waals surface area contributed by atoms with Crippen LogP contribution in [-0.4, -0.2) is 29.5 Å². The van der Waals surface area contributed by atoms with Crippen molar-refractivity contribution in [1.82, 2.24) is 4.98 Å². The average molecular weight is 271 g/mol. The predicted octanol–water partition coefficient (Wildman–Crippen LogP) is 1.30. The second-order valence-corrected chi connectivity index (χ2v) is 4.97. The molecule has 0 saturated heterocycles. The summed E-state index contributed by atoms with van der Waals surface area (Å²) in [6, 6.07) is 0. The summed E-state index contributed by atoms with van der Waals surface area (Å²) in [7, 11) is 0. The molecule has 0 saturated carbocycles. The second kappa shape index (κ2) is 6.46. The van der Waals surface area contributed by atoms with Crippen molar-refractivity contribution in [3.63, 3.8) is 0 Å². The van der Waals surface area contributed by atoms with Gasteiger partial charge in [0.15, 0.2) is 5.13 Å². The number of carbonyl (C=O) groups excluding carboxylic acids is 2. The van der Waals surface area contributed by atoms with Crippen molar-refractivity contribution in [2.45, 2.75) is 33.3 Å². The van der Waals surface area contributed by atoms with E-state index in [1.807, 2.05) is 0 Å². The van der Waals surface area contributed by atoms with Crippen LogP contribution in [0.15, 0.2) is 0 Å². The van der Waals surface area contributed by atoms with Crippen LogP contribution in [0.5, 0.6) is 0 Å². The van der Waals surface area contributed by atoms with Crippen molar-refractivity contribution in [3.8, 4) is 0 Å². The highest BCUT2D eigenvalue weighted by molar-refractivity contribution is 7.17. The van der Waals surface area contributed by atoms with E-state index in [9.17, 15) is 9.59 Å². The molecular weight excluding hydrogens is 254 g/mol. The number of esters is 1. The van der Waals surface area contributed by atoms with E-state index in [0.29, 0.717) is 15.7 Å². The molecule has 0 unspecified atom stereocenters. The number of rotatable bonds is 5. The van der Waals surface area contributed by atoms with Crippen LogP contribution in [0.4, 0.5) is 5.13 Å². The van der Waals surface area contributed by atoms with Crippen LogP contribution in [0, 0.1) is 6.92 Å². The summed E-state index contributed by atoms with van der Waals surface area (Å²) in [5.41, 5.74) is 5.82. The highest BCUT2D eigenvalue weighted by atomic mass is 32.1. The van der Waals surface area contributed by atoms with E-state index in [0.717, 1.165) is 11.3 Å². The van der Waals surface area contributed by atoms with Gasteiger partial charge in [-0.15, -0.1) is 0 Å². The molecule has 0 atom stereocenters. The number of carbonyl (C=O) groups is 2. The first-order valence-electron chi connectivity index (χ1n) is 5.62. The lowest BCUT2D eigenvalue weighted by Gasteiger charge is -2.05. The SMILES string of the molecule is Cc1nc(NC(=O)CCN)sc1C(=O)OC(C)C. The lowest BCUT2D eigenvalue weighted by atomic mass is 10.4. The van der Waals surface area contributed by atoms with Gasteiger partial charge in [0.25, 0.3) is 0 Å². The lowest BCUT2D eigenvalue weighted by molar-refractivity contribution is -0.116. The molecule has 0 bridgehead atoms. The van der Waals surface area contributed by atoms with Gasteiger partial charge in [-0.25, -0.2) is 9.78 Å². The Labute approximate surface area is 110 Å². The molecule has 3 N–H and O–H groups in total. The zero-order chi connectivity index (χ0) is 13.7. The number of nitrogens with zero attached hydrogens (tertiary/aromatic N) is 1. The smallest absolute Gasteiger partial charge is 0.350 e. The van der Waals surface area contributed by atoms with Gasteiger partial charge in [0.1, 0.15) is 4.88 Å². The van der Waals surface area contributed by atoms with Gasteiger partial charge in [-0.05, 0) is 20.8 Å². The molecule has 0 aromatic carbocycles. The van der Waals surface area contributed by atoms with Crippen molar-refractivity contribution in [2.24, 2.45) is 5.73 Å². The number of thiazole rings is 1. The predicted molar refractivity (Wildman–Crippen MR) is 69.7 cm³/mol. The van der Waals surface area contributed by atoms with Crippen molar-refractivity contribution < 1.29 is 14.3 Å². The summed E-state index contributed by atoms with van der Waals surface area (Å²) in [4.78, 5) is 27.6. The topological polar surface area (TPSA) is 94.3 Å². The van der Waals surface area contributed by atoms with Gasteiger partial charge >= 0.3 is 5.97 Å². The van der Waals surface area contributed by atoms with Crippen LogP contribution in [-0.2, 0) is 9.53 Å². The third-order valence-corrected chi connectivity index (χ3v) is 3.00. The minimum atomic E-state index is -0.417. The van der Waals surface area contributed by atoms with Gasteiger partial charge in [-0.1, -0.05) is 11.3 Å². The molecule has 7 heteroatoms. The normalized spacial score (nSPS) is 10.5. The Bertz CT molecular complexity index is 443. The average Bonchev–Trinajstić information content (AvgIpc) is 2.58. The number of amides is 1. The number of anilines is 1. The lowest BCUT2D eigenvalue weighted by Crippen LogP contribution is -2.15. The van der Waals surface area contributed by atoms with E-state index in [1.54, 1.807) is 20.8 Å². The number of ether oxygens (including phenoxy) is 1. The number of aryl methyl sites for hydroxylation is 1. The molecule has 0 aliphatic carbocycles. The van der Waals surface area contributed by atoms with Crippen LogP contribution in [0.3, 0.4) is 0 Å². The van der Waals surface area contributed by atoms with Gasteiger partial charge in [-0.3, -0.25) is 4.79 Å². The summed E-state index contributed by atoms with van der Waals surface area (Å²) >= 11 is 1.11. The van der Waals surface area contributed by atoms with E-state index >= 15 is 0 Å². The monoisotopic (exact) mass is 271 g/mol. The Kier molecular flexibility index (Phi) is 5.24. The van der Waals surface area contributed by atoms with Crippen LogP contribution in [0.2, 0.25) is 0 Å². The van der Waals surface area contributed by atoms with Gasteiger partial charge < -0.3 is 15.8 Å². The summed E-state index contributed by atoms with van der Waals surface area (Å²) in [5, 5.41) is 2.98. The van der Waals surface area contributed by atoms with E-state index in [1.165, 1.54) is 0 Å². The van der Waals surface area contributed by atoms with Crippen molar-refractivity contribution in [1.29, 1.82) is 0 Å². The Hall–Kier alpha value is -1.47. The van der Waals surface area contributed by atoms with E-state index in [4.69, 9.17) is 10.5 Å². The van der Waals surface area contributed by atoms with Crippen LogP contribution >= 0.6 is 11.3 Å². The third-order valence-electron chi connectivity index (χ3n) is 1.94. The van der Waals surface area contributed by atoms with Crippen LogP contribution < -0.4 is 11.1 Å². The van der Waals surface area contributed by atoms with E-state index in [2.05, 4.69) is 10.3 Å².